The summed E-state index contributed by atoms with van der Waals surface area (Å²) in [5.74, 6) is -0.180. The van der Waals surface area contributed by atoms with Crippen LogP contribution in [0.2, 0.25) is 0 Å². The second-order valence-corrected chi connectivity index (χ2v) is 6.56. The third kappa shape index (κ3) is 5.71. The SMILES string of the molecule is CCCN(CCC)c1ccnc(C(=O)Nc2ccc(N(CC)CC)cc2)c1. The highest BCUT2D eigenvalue weighted by atomic mass is 16.1. The van der Waals surface area contributed by atoms with Gasteiger partial charge in [-0.1, -0.05) is 13.8 Å². The summed E-state index contributed by atoms with van der Waals surface area (Å²) < 4.78 is 0. The lowest BCUT2D eigenvalue weighted by atomic mass is 10.2. The van der Waals surface area contributed by atoms with E-state index in [0.717, 1.165) is 56.1 Å². The quantitative estimate of drug-likeness (QED) is 0.654. The van der Waals surface area contributed by atoms with Crippen molar-refractivity contribution in [1.82, 2.24) is 4.98 Å². The predicted octanol–water partition coefficient (Wildman–Crippen LogP) is 4.81. The first-order valence-electron chi connectivity index (χ1n) is 10.00. The largest absolute Gasteiger partial charge is 0.372 e. The topological polar surface area (TPSA) is 48.5 Å². The highest BCUT2D eigenvalue weighted by Gasteiger charge is 2.12. The molecule has 2 aromatic rings. The maximum absolute atomic E-state index is 12.6. The van der Waals surface area contributed by atoms with E-state index in [2.05, 4.69) is 47.8 Å². The number of aromatic nitrogens is 1. The van der Waals surface area contributed by atoms with Crippen LogP contribution in [0.3, 0.4) is 0 Å². The molecule has 2 rings (SSSR count). The molecule has 0 aliphatic heterocycles. The van der Waals surface area contributed by atoms with Gasteiger partial charge in [-0.25, -0.2) is 0 Å². The molecule has 0 fully saturated rings. The van der Waals surface area contributed by atoms with Gasteiger partial charge in [0.1, 0.15) is 5.69 Å². The summed E-state index contributed by atoms with van der Waals surface area (Å²) in [5.41, 5.74) is 3.43. The summed E-state index contributed by atoms with van der Waals surface area (Å²) >= 11 is 0. The number of hydrogen-bond acceptors (Lipinski definition) is 4. The minimum absolute atomic E-state index is 0.180. The van der Waals surface area contributed by atoms with Crippen LogP contribution in [0, 0.1) is 0 Å². The number of hydrogen-bond donors (Lipinski definition) is 1. The molecule has 0 radical (unpaired) electrons. The van der Waals surface area contributed by atoms with Crippen LogP contribution in [-0.2, 0) is 0 Å². The number of nitrogens with zero attached hydrogens (tertiary/aromatic N) is 3. The summed E-state index contributed by atoms with van der Waals surface area (Å²) in [6.45, 7) is 12.5. The Balaban J connectivity index is 2.10. The van der Waals surface area contributed by atoms with Crippen LogP contribution in [0.1, 0.15) is 51.0 Å². The van der Waals surface area contributed by atoms with Crippen LogP contribution in [0.15, 0.2) is 42.6 Å². The van der Waals surface area contributed by atoms with Gasteiger partial charge in [0.25, 0.3) is 5.91 Å². The third-order valence-electron chi connectivity index (χ3n) is 4.58. The van der Waals surface area contributed by atoms with E-state index in [-0.39, 0.29) is 5.91 Å². The van der Waals surface area contributed by atoms with Crippen LogP contribution < -0.4 is 15.1 Å². The molecule has 0 unspecified atom stereocenters. The fourth-order valence-electron chi connectivity index (χ4n) is 3.19. The van der Waals surface area contributed by atoms with Gasteiger partial charge in [-0.2, -0.15) is 0 Å². The molecule has 0 saturated carbocycles. The normalized spacial score (nSPS) is 10.5. The lowest BCUT2D eigenvalue weighted by Gasteiger charge is -2.24. The highest BCUT2D eigenvalue weighted by molar-refractivity contribution is 6.03. The molecule has 0 bridgehead atoms. The van der Waals surface area contributed by atoms with Crippen LogP contribution in [0.25, 0.3) is 0 Å². The van der Waals surface area contributed by atoms with Crippen LogP contribution in [0.4, 0.5) is 17.1 Å². The molecule has 1 aromatic heterocycles. The smallest absolute Gasteiger partial charge is 0.274 e. The molecule has 5 nitrogen and oxygen atoms in total. The molecule has 0 aliphatic rings. The fourth-order valence-corrected chi connectivity index (χ4v) is 3.19. The summed E-state index contributed by atoms with van der Waals surface area (Å²) in [6, 6.07) is 11.8. The van der Waals surface area contributed by atoms with E-state index in [9.17, 15) is 4.79 Å². The zero-order valence-electron chi connectivity index (χ0n) is 17.0. The molecule has 1 heterocycles. The number of carbonyl (C=O) groups is 1. The number of amides is 1. The number of nitrogens with one attached hydrogen (secondary N) is 1. The summed E-state index contributed by atoms with van der Waals surface area (Å²) in [4.78, 5) is 21.5. The summed E-state index contributed by atoms with van der Waals surface area (Å²) in [5, 5.41) is 2.95. The molecule has 0 atom stereocenters. The highest BCUT2D eigenvalue weighted by Crippen LogP contribution is 2.19. The summed E-state index contributed by atoms with van der Waals surface area (Å²) in [7, 11) is 0. The first-order chi connectivity index (χ1) is 13.1. The molecule has 0 aliphatic carbocycles. The molecule has 27 heavy (non-hydrogen) atoms. The number of carbonyl (C=O) groups excluding carboxylic acids is 1. The van der Waals surface area contributed by atoms with Gasteiger partial charge in [0.15, 0.2) is 0 Å². The molecule has 1 amide bonds. The third-order valence-corrected chi connectivity index (χ3v) is 4.58. The Labute approximate surface area is 163 Å². The van der Waals surface area contributed by atoms with Crippen LogP contribution >= 0.6 is 0 Å². The number of benzene rings is 1. The molecule has 1 N–H and O–H groups in total. The maximum Gasteiger partial charge on any atom is 0.274 e. The van der Waals surface area contributed by atoms with Crippen molar-refractivity contribution in [2.24, 2.45) is 0 Å². The maximum atomic E-state index is 12.6. The molecular weight excluding hydrogens is 336 g/mol. The van der Waals surface area contributed by atoms with Crippen molar-refractivity contribution in [3.63, 3.8) is 0 Å². The Morgan fingerprint density at radius 3 is 2.07 bits per heavy atom. The molecule has 1 aromatic carbocycles. The molecule has 0 spiro atoms. The van der Waals surface area contributed by atoms with Crippen LogP contribution in [0.5, 0.6) is 0 Å². The second-order valence-electron chi connectivity index (χ2n) is 6.56. The van der Waals surface area contributed by atoms with E-state index in [1.807, 2.05) is 36.4 Å². The van der Waals surface area contributed by atoms with Gasteiger partial charge in [-0.15, -0.1) is 0 Å². The standard InChI is InChI=1S/C22H32N4O/c1-5-15-26(16-6-2)20-13-14-23-21(17-20)22(27)24-18-9-11-19(12-10-18)25(7-3)8-4/h9-14,17H,5-8,15-16H2,1-4H3,(H,24,27). The molecule has 0 saturated heterocycles. The average molecular weight is 369 g/mol. The molecular formula is C22H32N4O. The van der Waals surface area contributed by atoms with Crippen molar-refractivity contribution in [1.29, 1.82) is 0 Å². The first kappa shape index (κ1) is 20.7. The van der Waals surface area contributed by atoms with Crippen molar-refractivity contribution in [3.05, 3.63) is 48.3 Å². The number of rotatable bonds is 10. The van der Waals surface area contributed by atoms with E-state index >= 15 is 0 Å². The van der Waals surface area contributed by atoms with E-state index in [1.165, 1.54) is 0 Å². The zero-order valence-corrected chi connectivity index (χ0v) is 17.0. The fraction of sp³-hybridized carbons (Fsp3) is 0.455. The van der Waals surface area contributed by atoms with E-state index in [1.54, 1.807) is 6.20 Å². The minimum atomic E-state index is -0.180. The monoisotopic (exact) mass is 368 g/mol. The Morgan fingerprint density at radius 1 is 0.889 bits per heavy atom. The van der Waals surface area contributed by atoms with E-state index in [0.29, 0.717) is 5.69 Å². The Morgan fingerprint density at radius 2 is 1.52 bits per heavy atom. The molecule has 146 valence electrons. The number of pyridine rings is 1. The van der Waals surface area contributed by atoms with E-state index in [4.69, 9.17) is 0 Å². The van der Waals surface area contributed by atoms with Gasteiger partial charge in [0.05, 0.1) is 0 Å². The first-order valence-corrected chi connectivity index (χ1v) is 10.00. The van der Waals surface area contributed by atoms with Crippen molar-refractivity contribution in [2.75, 3.05) is 41.3 Å². The second kappa shape index (κ2) is 10.6. The van der Waals surface area contributed by atoms with E-state index < -0.39 is 0 Å². The Bertz CT molecular complexity index is 705. The average Bonchev–Trinajstić information content (AvgIpc) is 2.70. The number of anilines is 3. The van der Waals surface area contributed by atoms with Crippen molar-refractivity contribution in [2.45, 2.75) is 40.5 Å². The predicted molar refractivity (Wildman–Crippen MR) is 115 cm³/mol. The van der Waals surface area contributed by atoms with Gasteiger partial charge in [0.2, 0.25) is 0 Å². The van der Waals surface area contributed by atoms with Crippen molar-refractivity contribution in [3.8, 4) is 0 Å². The van der Waals surface area contributed by atoms with Crippen molar-refractivity contribution >= 4 is 23.0 Å². The minimum Gasteiger partial charge on any atom is -0.372 e. The van der Waals surface area contributed by atoms with Gasteiger partial charge < -0.3 is 15.1 Å². The van der Waals surface area contributed by atoms with Gasteiger partial charge in [0, 0.05) is 49.4 Å². The van der Waals surface area contributed by atoms with Gasteiger partial charge >= 0.3 is 0 Å². The lowest BCUT2D eigenvalue weighted by molar-refractivity contribution is 0.102. The summed E-state index contributed by atoms with van der Waals surface area (Å²) in [6.07, 6.45) is 3.86. The zero-order chi connectivity index (χ0) is 19.6. The Hall–Kier alpha value is -2.56. The van der Waals surface area contributed by atoms with Gasteiger partial charge in [-0.3, -0.25) is 9.78 Å². The van der Waals surface area contributed by atoms with Gasteiger partial charge in [-0.05, 0) is 63.1 Å². The van der Waals surface area contributed by atoms with Crippen LogP contribution in [-0.4, -0.2) is 37.1 Å². The van der Waals surface area contributed by atoms with Crippen molar-refractivity contribution < 1.29 is 4.79 Å². The molecule has 5 heteroatoms. The lowest BCUT2D eigenvalue weighted by Crippen LogP contribution is -2.25. The Kier molecular flexibility index (Phi) is 8.11.